The van der Waals surface area contributed by atoms with E-state index in [1.54, 1.807) is 30.5 Å². The van der Waals surface area contributed by atoms with Crippen molar-refractivity contribution in [2.75, 3.05) is 16.4 Å². The van der Waals surface area contributed by atoms with Crippen molar-refractivity contribution in [3.8, 4) is 0 Å². The van der Waals surface area contributed by atoms with Crippen molar-refractivity contribution in [1.82, 2.24) is 9.97 Å². The Bertz CT molecular complexity index is 1270. The molecule has 0 unspecified atom stereocenters. The number of aromatic nitrogens is 2. The predicted octanol–water partition coefficient (Wildman–Crippen LogP) is 2.76. The minimum absolute atomic E-state index is 0.0906. The van der Waals surface area contributed by atoms with E-state index in [9.17, 15) is 13.6 Å². The molecule has 2 aromatic carbocycles. The summed E-state index contributed by atoms with van der Waals surface area (Å²) in [5, 5.41) is 5.13. The maximum atomic E-state index is 13.4. The van der Waals surface area contributed by atoms with Crippen molar-refractivity contribution in [3.05, 3.63) is 77.6 Å². The van der Waals surface area contributed by atoms with E-state index in [0.29, 0.717) is 28.2 Å². The highest BCUT2D eigenvalue weighted by molar-refractivity contribution is 6.17. The van der Waals surface area contributed by atoms with Crippen LogP contribution in [0.3, 0.4) is 0 Å². The molecular formula is C24H26F2N7O+. The van der Waals surface area contributed by atoms with E-state index in [4.69, 9.17) is 11.5 Å². The Hall–Kier alpha value is -4.34. The maximum absolute atomic E-state index is 13.4. The van der Waals surface area contributed by atoms with Crippen LogP contribution in [-0.4, -0.2) is 27.8 Å². The molecule has 1 aromatic heterocycles. The Balaban J connectivity index is 1.92. The summed E-state index contributed by atoms with van der Waals surface area (Å²) in [7, 11) is 0. The first-order chi connectivity index (χ1) is 16.0. The van der Waals surface area contributed by atoms with Crippen molar-refractivity contribution in [2.45, 2.75) is 26.3 Å². The molecule has 0 spiro atoms. The smallest absolute Gasteiger partial charge is 0.323 e. The molecule has 0 aliphatic rings. The average Bonchev–Trinajstić information content (AvgIpc) is 2.76. The first kappa shape index (κ1) is 24.3. The third-order valence-corrected chi connectivity index (χ3v) is 4.50. The molecule has 0 aliphatic carbocycles. The molecule has 34 heavy (non-hydrogen) atoms. The second-order valence-electron chi connectivity index (χ2n) is 8.45. The first-order valence-corrected chi connectivity index (χ1v) is 10.3. The van der Waals surface area contributed by atoms with Gasteiger partial charge in [0.2, 0.25) is 5.95 Å². The number of benzene rings is 2. The number of nitrogen functional groups attached to an aromatic ring is 1. The fourth-order valence-electron chi connectivity index (χ4n) is 2.90. The maximum Gasteiger partial charge on any atom is 0.323 e. The lowest BCUT2D eigenvalue weighted by Gasteiger charge is -2.12. The summed E-state index contributed by atoms with van der Waals surface area (Å²) < 4.78 is 26.5. The summed E-state index contributed by atoms with van der Waals surface area (Å²) >= 11 is 0. The normalized spacial score (nSPS) is 12.4. The number of carbonyl (C=O) groups excluding carboxylic acids is 1. The van der Waals surface area contributed by atoms with Crippen LogP contribution < -0.4 is 27.1 Å². The van der Waals surface area contributed by atoms with Gasteiger partial charge in [-0.3, -0.25) is 0 Å². The molecule has 0 aliphatic heterocycles. The number of nitrogens with one attached hydrogen (secondary N) is 3. The number of hydrogen-bond donors (Lipinski definition) is 5. The van der Waals surface area contributed by atoms with E-state index in [-0.39, 0.29) is 17.2 Å². The van der Waals surface area contributed by atoms with E-state index in [1.165, 1.54) is 12.3 Å². The van der Waals surface area contributed by atoms with Gasteiger partial charge in [0.15, 0.2) is 23.4 Å². The average molecular weight is 467 g/mol. The van der Waals surface area contributed by atoms with Gasteiger partial charge in [-0.15, -0.1) is 0 Å². The quantitative estimate of drug-likeness (QED) is 0.369. The van der Waals surface area contributed by atoms with Gasteiger partial charge in [0, 0.05) is 23.6 Å². The highest BCUT2D eigenvalue weighted by Gasteiger charge is 2.17. The molecule has 176 valence electrons. The van der Waals surface area contributed by atoms with Crippen LogP contribution >= 0.6 is 0 Å². The molecule has 10 heteroatoms. The van der Waals surface area contributed by atoms with Crippen LogP contribution in [0.25, 0.3) is 11.3 Å². The van der Waals surface area contributed by atoms with Gasteiger partial charge in [0.1, 0.15) is 0 Å². The zero-order valence-electron chi connectivity index (χ0n) is 19.0. The largest absolute Gasteiger partial charge is 0.396 e. The van der Waals surface area contributed by atoms with Gasteiger partial charge >= 0.3 is 6.03 Å². The van der Waals surface area contributed by atoms with Gasteiger partial charge in [0.05, 0.1) is 17.0 Å². The SMILES string of the molecule is CC(C)(C)[NH+]=CC(=C(N)c1ccnc(N)n1)c1cccc(NC(=O)Nc2ccc(F)c(F)c2)c1. The van der Waals surface area contributed by atoms with Crippen LogP contribution in [-0.2, 0) is 0 Å². The zero-order chi connectivity index (χ0) is 24.9. The lowest BCUT2D eigenvalue weighted by molar-refractivity contribution is -0.533. The molecule has 2 amide bonds. The number of hydrogen-bond acceptors (Lipinski definition) is 5. The summed E-state index contributed by atoms with van der Waals surface area (Å²) in [6.07, 6.45) is 3.29. The molecule has 0 atom stereocenters. The summed E-state index contributed by atoms with van der Waals surface area (Å²) in [6, 6.07) is 11.1. The number of rotatable bonds is 5. The monoisotopic (exact) mass is 466 g/mol. The number of carbonyl (C=O) groups is 1. The van der Waals surface area contributed by atoms with E-state index < -0.39 is 17.7 Å². The summed E-state index contributed by atoms with van der Waals surface area (Å²) in [6.45, 7) is 6.00. The summed E-state index contributed by atoms with van der Waals surface area (Å²) in [5.41, 5.74) is 14.6. The molecule has 0 saturated heterocycles. The number of nitrogens with two attached hydrogens (primary N) is 2. The highest BCUT2D eigenvalue weighted by Crippen LogP contribution is 2.23. The van der Waals surface area contributed by atoms with E-state index in [0.717, 1.165) is 12.1 Å². The standard InChI is InChI=1S/C24H25F2N7O/c1-24(2,3)30-13-17(21(27)20-9-10-29-22(28)33-20)14-5-4-6-15(11-14)31-23(34)32-16-7-8-18(25)19(26)12-16/h4-13H,27H2,1-3H3,(H2,28,29,33)(H2,31,32,34)/p+1. The van der Waals surface area contributed by atoms with Crippen LogP contribution in [0.1, 0.15) is 32.0 Å². The van der Waals surface area contributed by atoms with Crippen molar-refractivity contribution < 1.29 is 18.6 Å². The number of amides is 2. The summed E-state index contributed by atoms with van der Waals surface area (Å²) in [4.78, 5) is 23.8. The molecule has 0 radical (unpaired) electrons. The number of anilines is 3. The lowest BCUT2D eigenvalue weighted by Crippen LogP contribution is -2.81. The summed E-state index contributed by atoms with van der Waals surface area (Å²) in [5.74, 6) is -1.97. The number of urea groups is 1. The van der Waals surface area contributed by atoms with Crippen molar-refractivity contribution in [1.29, 1.82) is 0 Å². The Kier molecular flexibility index (Phi) is 7.20. The third-order valence-electron chi connectivity index (χ3n) is 4.50. The molecule has 8 nitrogen and oxygen atoms in total. The minimum Gasteiger partial charge on any atom is -0.396 e. The van der Waals surface area contributed by atoms with Gasteiger partial charge < -0.3 is 22.1 Å². The topological polar surface area (TPSA) is 133 Å². The molecule has 1 heterocycles. The van der Waals surface area contributed by atoms with Crippen LogP contribution in [0.2, 0.25) is 0 Å². The molecule has 0 saturated carbocycles. The van der Waals surface area contributed by atoms with Gasteiger partial charge in [-0.25, -0.2) is 28.5 Å². The van der Waals surface area contributed by atoms with Gasteiger partial charge in [-0.2, -0.15) is 0 Å². The number of nitrogens with zero attached hydrogens (tertiary/aromatic N) is 2. The van der Waals surface area contributed by atoms with Crippen LogP contribution in [0.5, 0.6) is 0 Å². The van der Waals surface area contributed by atoms with E-state index in [1.807, 2.05) is 26.8 Å². The first-order valence-electron chi connectivity index (χ1n) is 10.3. The lowest BCUT2D eigenvalue weighted by atomic mass is 10.0. The molecule has 3 rings (SSSR count). The van der Waals surface area contributed by atoms with Crippen LogP contribution in [0.15, 0.2) is 54.7 Å². The van der Waals surface area contributed by atoms with Gasteiger partial charge in [0.25, 0.3) is 0 Å². The molecule has 3 aromatic rings. The van der Waals surface area contributed by atoms with Crippen molar-refractivity contribution in [3.63, 3.8) is 0 Å². The van der Waals surface area contributed by atoms with E-state index in [2.05, 4.69) is 25.6 Å². The van der Waals surface area contributed by atoms with Crippen molar-refractivity contribution in [2.24, 2.45) is 5.73 Å². The highest BCUT2D eigenvalue weighted by atomic mass is 19.2. The Labute approximate surface area is 195 Å². The molecule has 7 N–H and O–H groups in total. The van der Waals surface area contributed by atoms with E-state index >= 15 is 0 Å². The fraction of sp³-hybridized carbons (Fsp3) is 0.167. The second kappa shape index (κ2) is 10.1. The fourth-order valence-corrected chi connectivity index (χ4v) is 2.90. The van der Waals surface area contributed by atoms with Crippen molar-refractivity contribution >= 4 is 40.8 Å². The Morgan fingerprint density at radius 3 is 2.38 bits per heavy atom. The molecule has 0 fully saturated rings. The Morgan fingerprint density at radius 1 is 1.03 bits per heavy atom. The van der Waals surface area contributed by atoms with Crippen LogP contribution in [0.4, 0.5) is 30.9 Å². The van der Waals surface area contributed by atoms with Gasteiger partial charge in [-0.05, 0) is 56.7 Å². The zero-order valence-corrected chi connectivity index (χ0v) is 19.0. The molecular weight excluding hydrogens is 440 g/mol. The van der Waals surface area contributed by atoms with Gasteiger partial charge in [-0.1, -0.05) is 12.1 Å². The number of halogens is 2. The van der Waals surface area contributed by atoms with Crippen LogP contribution in [0, 0.1) is 11.6 Å². The number of allylic oxidation sites excluding steroid dienone is 1. The molecule has 0 bridgehead atoms. The Morgan fingerprint density at radius 2 is 1.74 bits per heavy atom. The second-order valence-corrected chi connectivity index (χ2v) is 8.45. The predicted molar refractivity (Wildman–Crippen MR) is 130 cm³/mol. The minimum atomic E-state index is -1.06. The third kappa shape index (κ3) is 6.58.